The number of rotatable bonds is 6. The van der Waals surface area contributed by atoms with E-state index in [1.54, 1.807) is 0 Å². The normalized spacial score (nSPS) is 14.7. The molecule has 1 aliphatic rings. The highest BCUT2D eigenvalue weighted by molar-refractivity contribution is 7.99. The molecule has 1 amide bonds. The summed E-state index contributed by atoms with van der Waals surface area (Å²) in [4.78, 5) is 31.4. The van der Waals surface area contributed by atoms with Crippen LogP contribution in [0.4, 0.5) is 0 Å². The number of likely N-dealkylation sites (tertiary alicyclic amines) is 1. The van der Waals surface area contributed by atoms with E-state index in [0.29, 0.717) is 38.3 Å². The highest BCUT2D eigenvalue weighted by atomic mass is 32.2. The third-order valence-corrected chi connectivity index (χ3v) is 6.51. The van der Waals surface area contributed by atoms with Crippen molar-refractivity contribution in [3.05, 3.63) is 54.1 Å². The largest absolute Gasteiger partial charge is 0.466 e. The monoisotopic (exact) mass is 437 g/mol. The van der Waals surface area contributed by atoms with Crippen LogP contribution >= 0.6 is 11.8 Å². The molecule has 2 aromatic carbocycles. The van der Waals surface area contributed by atoms with Gasteiger partial charge in [-0.1, -0.05) is 36.0 Å². The van der Waals surface area contributed by atoms with Crippen LogP contribution in [0.3, 0.4) is 0 Å². The summed E-state index contributed by atoms with van der Waals surface area (Å²) in [6, 6.07) is 16.3. The number of hydrogen-bond acceptors (Lipinski definition) is 5. The average molecular weight is 438 g/mol. The van der Waals surface area contributed by atoms with Gasteiger partial charge < -0.3 is 9.64 Å². The maximum atomic E-state index is 12.8. The van der Waals surface area contributed by atoms with Gasteiger partial charge in [-0.3, -0.25) is 14.2 Å². The Morgan fingerprint density at radius 1 is 1.13 bits per heavy atom. The Hall–Kier alpha value is -2.80. The van der Waals surface area contributed by atoms with Crippen LogP contribution in [0.2, 0.25) is 0 Å². The lowest BCUT2D eigenvalue weighted by atomic mass is 9.97. The highest BCUT2D eigenvalue weighted by Crippen LogP contribution is 2.29. The number of esters is 1. The van der Waals surface area contributed by atoms with Crippen molar-refractivity contribution in [3.63, 3.8) is 0 Å². The quantitative estimate of drug-likeness (QED) is 0.427. The summed E-state index contributed by atoms with van der Waals surface area (Å²) in [5.41, 5.74) is 4.15. The average Bonchev–Trinajstić information content (AvgIpc) is 3.16. The topological polar surface area (TPSA) is 64.4 Å². The van der Waals surface area contributed by atoms with Crippen molar-refractivity contribution in [2.24, 2.45) is 5.92 Å². The zero-order chi connectivity index (χ0) is 21.8. The van der Waals surface area contributed by atoms with Crippen LogP contribution in [0, 0.1) is 12.8 Å². The molecular weight excluding hydrogens is 410 g/mol. The van der Waals surface area contributed by atoms with Gasteiger partial charge in [0.25, 0.3) is 0 Å². The number of piperidine rings is 1. The first-order valence-corrected chi connectivity index (χ1v) is 11.7. The lowest BCUT2D eigenvalue weighted by Gasteiger charge is -2.30. The van der Waals surface area contributed by atoms with E-state index in [4.69, 9.17) is 9.72 Å². The van der Waals surface area contributed by atoms with Gasteiger partial charge in [-0.25, -0.2) is 4.98 Å². The number of benzene rings is 2. The maximum absolute atomic E-state index is 12.8. The van der Waals surface area contributed by atoms with Gasteiger partial charge in [0.1, 0.15) is 0 Å². The van der Waals surface area contributed by atoms with Gasteiger partial charge in [0.15, 0.2) is 5.16 Å². The van der Waals surface area contributed by atoms with Crippen molar-refractivity contribution in [3.8, 4) is 5.69 Å². The van der Waals surface area contributed by atoms with Gasteiger partial charge in [0.2, 0.25) is 5.91 Å². The summed E-state index contributed by atoms with van der Waals surface area (Å²) >= 11 is 1.46. The molecule has 31 heavy (non-hydrogen) atoms. The lowest BCUT2D eigenvalue weighted by Crippen LogP contribution is -2.41. The molecule has 1 aromatic heterocycles. The molecule has 1 saturated heterocycles. The van der Waals surface area contributed by atoms with Crippen molar-refractivity contribution in [2.75, 3.05) is 25.4 Å². The predicted molar refractivity (Wildman–Crippen MR) is 122 cm³/mol. The first-order valence-electron chi connectivity index (χ1n) is 10.7. The number of para-hydroxylation sites is 2. The summed E-state index contributed by atoms with van der Waals surface area (Å²) in [6.45, 7) is 5.47. The minimum Gasteiger partial charge on any atom is -0.466 e. The van der Waals surface area contributed by atoms with Gasteiger partial charge in [-0.05, 0) is 56.5 Å². The summed E-state index contributed by atoms with van der Waals surface area (Å²) in [5, 5.41) is 0.807. The second kappa shape index (κ2) is 9.56. The Kier molecular flexibility index (Phi) is 6.61. The van der Waals surface area contributed by atoms with E-state index in [9.17, 15) is 9.59 Å². The Morgan fingerprint density at radius 3 is 2.65 bits per heavy atom. The molecule has 0 unspecified atom stereocenters. The fraction of sp³-hybridized carbons (Fsp3) is 0.375. The minimum absolute atomic E-state index is 0.0788. The zero-order valence-electron chi connectivity index (χ0n) is 17.9. The van der Waals surface area contributed by atoms with Gasteiger partial charge in [-0.2, -0.15) is 0 Å². The second-order valence-corrected chi connectivity index (χ2v) is 8.70. The van der Waals surface area contributed by atoms with Gasteiger partial charge in [0, 0.05) is 18.8 Å². The molecule has 0 bridgehead atoms. The molecule has 6 nitrogen and oxygen atoms in total. The van der Waals surface area contributed by atoms with Crippen molar-refractivity contribution < 1.29 is 14.3 Å². The van der Waals surface area contributed by atoms with Crippen LogP contribution in [-0.4, -0.2) is 51.8 Å². The molecule has 7 heteroatoms. The molecule has 4 rings (SSSR count). The van der Waals surface area contributed by atoms with Crippen molar-refractivity contribution >= 4 is 34.7 Å². The summed E-state index contributed by atoms with van der Waals surface area (Å²) in [7, 11) is 0. The van der Waals surface area contributed by atoms with Crippen molar-refractivity contribution in [1.82, 2.24) is 14.5 Å². The maximum Gasteiger partial charge on any atom is 0.309 e. The number of aryl methyl sites for hydroxylation is 1. The van der Waals surface area contributed by atoms with Gasteiger partial charge in [-0.15, -0.1) is 0 Å². The summed E-state index contributed by atoms with van der Waals surface area (Å²) in [5.74, 6) is 0.160. The molecule has 162 valence electrons. The number of imidazole rings is 1. The molecule has 1 aliphatic heterocycles. The van der Waals surface area contributed by atoms with E-state index in [-0.39, 0.29) is 17.8 Å². The van der Waals surface area contributed by atoms with Gasteiger partial charge in [0.05, 0.1) is 29.3 Å². The molecule has 0 N–H and O–H groups in total. The molecule has 0 aliphatic carbocycles. The number of carbonyl (C=O) groups is 2. The van der Waals surface area contributed by atoms with E-state index in [0.717, 1.165) is 21.9 Å². The van der Waals surface area contributed by atoms with Crippen LogP contribution in [-0.2, 0) is 14.3 Å². The fourth-order valence-electron chi connectivity index (χ4n) is 3.96. The standard InChI is InChI=1S/C24H27N3O3S/c1-3-30-23(29)18-11-13-26(14-12-18)22(28)16-31-24-25-20-9-4-5-10-21(20)27(24)19-8-6-7-17(2)15-19/h4-10,15,18H,3,11-14,16H2,1-2H3. The van der Waals surface area contributed by atoms with Crippen molar-refractivity contribution in [2.45, 2.75) is 31.8 Å². The summed E-state index contributed by atoms with van der Waals surface area (Å²) < 4.78 is 7.24. The smallest absolute Gasteiger partial charge is 0.309 e. The van der Waals surface area contributed by atoms with Crippen LogP contribution in [0.5, 0.6) is 0 Å². The second-order valence-electron chi connectivity index (χ2n) is 7.75. The SMILES string of the molecule is CCOC(=O)C1CCN(C(=O)CSc2nc3ccccc3n2-c2cccc(C)c2)CC1. The molecule has 0 radical (unpaired) electrons. The molecule has 0 spiro atoms. The predicted octanol–water partition coefficient (Wildman–Crippen LogP) is 4.23. The Morgan fingerprint density at radius 2 is 1.90 bits per heavy atom. The Bertz CT molecular complexity index is 1090. The van der Waals surface area contributed by atoms with Crippen LogP contribution < -0.4 is 0 Å². The number of thioether (sulfide) groups is 1. The number of amides is 1. The number of carbonyl (C=O) groups excluding carboxylic acids is 2. The van der Waals surface area contributed by atoms with Crippen LogP contribution in [0.15, 0.2) is 53.7 Å². The Balaban J connectivity index is 1.47. The van der Waals surface area contributed by atoms with Crippen LogP contribution in [0.25, 0.3) is 16.7 Å². The zero-order valence-corrected chi connectivity index (χ0v) is 18.7. The highest BCUT2D eigenvalue weighted by Gasteiger charge is 2.28. The van der Waals surface area contributed by atoms with E-state index in [1.807, 2.05) is 36.1 Å². The Labute approximate surface area is 186 Å². The molecule has 3 aromatic rings. The summed E-state index contributed by atoms with van der Waals surface area (Å²) in [6.07, 6.45) is 1.33. The lowest BCUT2D eigenvalue weighted by molar-refractivity contribution is -0.151. The molecule has 0 saturated carbocycles. The number of nitrogens with zero attached hydrogens (tertiary/aromatic N) is 3. The molecule has 2 heterocycles. The third-order valence-electron chi connectivity index (χ3n) is 5.58. The van der Waals surface area contributed by atoms with Gasteiger partial charge >= 0.3 is 5.97 Å². The number of hydrogen-bond donors (Lipinski definition) is 0. The number of ether oxygens (including phenoxy) is 1. The van der Waals surface area contributed by atoms with E-state index < -0.39 is 0 Å². The molecule has 0 atom stereocenters. The van der Waals surface area contributed by atoms with E-state index in [2.05, 4.69) is 35.8 Å². The number of aromatic nitrogens is 2. The first kappa shape index (κ1) is 21.4. The van der Waals surface area contributed by atoms with Crippen LogP contribution in [0.1, 0.15) is 25.3 Å². The number of fused-ring (bicyclic) bond motifs is 1. The molecule has 1 fully saturated rings. The minimum atomic E-state index is -0.143. The van der Waals surface area contributed by atoms with E-state index >= 15 is 0 Å². The fourth-order valence-corrected chi connectivity index (χ4v) is 4.89. The van der Waals surface area contributed by atoms with Crippen molar-refractivity contribution in [1.29, 1.82) is 0 Å². The molecular formula is C24H27N3O3S. The van der Waals surface area contributed by atoms with E-state index in [1.165, 1.54) is 17.3 Å². The third kappa shape index (κ3) is 4.77. The first-order chi connectivity index (χ1) is 15.1.